The van der Waals surface area contributed by atoms with Gasteiger partial charge in [-0.05, 0) is 24.5 Å². The van der Waals surface area contributed by atoms with Gasteiger partial charge in [0, 0.05) is 5.41 Å². The summed E-state index contributed by atoms with van der Waals surface area (Å²) in [5.41, 5.74) is 3.93. The van der Waals surface area contributed by atoms with Crippen LogP contribution in [0.4, 0.5) is 0 Å². The molecule has 0 aromatic heterocycles. The molecular formula is C13H20O. The van der Waals surface area contributed by atoms with Crippen LogP contribution in [0.1, 0.15) is 34.1 Å². The number of aliphatic hydroxyl groups is 1. The number of rotatable bonds is 3. The quantitative estimate of drug-likeness (QED) is 0.728. The molecule has 78 valence electrons. The van der Waals surface area contributed by atoms with Crippen molar-refractivity contribution in [2.75, 3.05) is 6.61 Å². The van der Waals surface area contributed by atoms with Gasteiger partial charge < -0.3 is 5.11 Å². The first-order valence-electron chi connectivity index (χ1n) is 5.22. The SMILES string of the molecule is CCC(=CC1=CC=C(C)C1(C)C)CO. The first-order chi connectivity index (χ1) is 6.52. The van der Waals surface area contributed by atoms with Crippen LogP contribution in [-0.4, -0.2) is 11.7 Å². The zero-order valence-electron chi connectivity index (χ0n) is 9.59. The Hall–Kier alpha value is -0.820. The summed E-state index contributed by atoms with van der Waals surface area (Å²) < 4.78 is 0. The molecule has 0 radical (unpaired) electrons. The van der Waals surface area contributed by atoms with Gasteiger partial charge in [0.05, 0.1) is 6.61 Å². The van der Waals surface area contributed by atoms with Crippen molar-refractivity contribution in [3.63, 3.8) is 0 Å². The highest BCUT2D eigenvalue weighted by atomic mass is 16.3. The molecule has 0 spiro atoms. The van der Waals surface area contributed by atoms with Crippen LogP contribution in [0, 0.1) is 5.41 Å². The second kappa shape index (κ2) is 4.14. The van der Waals surface area contributed by atoms with E-state index in [1.54, 1.807) is 0 Å². The predicted molar refractivity (Wildman–Crippen MR) is 61.1 cm³/mol. The molecule has 1 nitrogen and oxygen atoms in total. The normalized spacial score (nSPS) is 20.8. The van der Waals surface area contributed by atoms with Crippen LogP contribution in [0.25, 0.3) is 0 Å². The van der Waals surface area contributed by atoms with E-state index in [1.165, 1.54) is 11.1 Å². The number of allylic oxidation sites excluding steroid dienone is 5. The van der Waals surface area contributed by atoms with Gasteiger partial charge in [-0.2, -0.15) is 0 Å². The Balaban J connectivity index is 2.89. The molecule has 0 bridgehead atoms. The van der Waals surface area contributed by atoms with Crippen molar-refractivity contribution < 1.29 is 5.11 Å². The molecule has 1 rings (SSSR count). The zero-order valence-corrected chi connectivity index (χ0v) is 9.59. The average Bonchev–Trinajstić information content (AvgIpc) is 2.40. The average molecular weight is 192 g/mol. The fraction of sp³-hybridized carbons (Fsp3) is 0.538. The van der Waals surface area contributed by atoms with Crippen LogP contribution < -0.4 is 0 Å². The summed E-state index contributed by atoms with van der Waals surface area (Å²) in [6, 6.07) is 0. The van der Waals surface area contributed by atoms with Crippen molar-refractivity contribution in [3.8, 4) is 0 Å². The van der Waals surface area contributed by atoms with E-state index in [0.717, 1.165) is 12.0 Å². The second-order valence-corrected chi connectivity index (χ2v) is 4.41. The summed E-state index contributed by atoms with van der Waals surface area (Å²) in [7, 11) is 0. The van der Waals surface area contributed by atoms with Crippen molar-refractivity contribution >= 4 is 0 Å². The monoisotopic (exact) mass is 192 g/mol. The molecular weight excluding hydrogens is 172 g/mol. The lowest BCUT2D eigenvalue weighted by molar-refractivity contribution is 0.327. The molecule has 0 aromatic rings. The summed E-state index contributed by atoms with van der Waals surface area (Å²) in [4.78, 5) is 0. The summed E-state index contributed by atoms with van der Waals surface area (Å²) in [6.45, 7) is 8.84. The first kappa shape index (κ1) is 11.3. The van der Waals surface area contributed by atoms with E-state index in [9.17, 15) is 0 Å². The lowest BCUT2D eigenvalue weighted by Gasteiger charge is -2.23. The van der Waals surface area contributed by atoms with Crippen LogP contribution >= 0.6 is 0 Å². The molecule has 0 heterocycles. The van der Waals surface area contributed by atoms with E-state index in [2.05, 4.69) is 45.9 Å². The Kier molecular flexibility index (Phi) is 3.33. The van der Waals surface area contributed by atoms with Crippen LogP contribution in [0.2, 0.25) is 0 Å². The molecule has 1 heteroatoms. The lowest BCUT2D eigenvalue weighted by atomic mass is 9.81. The molecule has 0 aromatic carbocycles. The van der Waals surface area contributed by atoms with Crippen molar-refractivity contribution in [3.05, 3.63) is 34.9 Å². The fourth-order valence-corrected chi connectivity index (χ4v) is 1.57. The maximum Gasteiger partial charge on any atom is 0.0644 e. The molecule has 0 unspecified atom stereocenters. The van der Waals surface area contributed by atoms with Gasteiger partial charge in [-0.1, -0.05) is 44.6 Å². The minimum Gasteiger partial charge on any atom is -0.392 e. The molecule has 0 fully saturated rings. The summed E-state index contributed by atoms with van der Waals surface area (Å²) in [5.74, 6) is 0. The smallest absolute Gasteiger partial charge is 0.0644 e. The van der Waals surface area contributed by atoms with Crippen molar-refractivity contribution in [1.29, 1.82) is 0 Å². The maximum absolute atomic E-state index is 9.11. The fourth-order valence-electron chi connectivity index (χ4n) is 1.57. The van der Waals surface area contributed by atoms with Crippen molar-refractivity contribution in [1.82, 2.24) is 0 Å². The van der Waals surface area contributed by atoms with E-state index in [4.69, 9.17) is 5.11 Å². The standard InChI is InChI=1S/C13H20O/c1-5-11(9-14)8-12-7-6-10(2)13(12,3)4/h6-8,14H,5,9H2,1-4H3. The highest BCUT2D eigenvalue weighted by Crippen LogP contribution is 2.40. The first-order valence-corrected chi connectivity index (χ1v) is 5.22. The van der Waals surface area contributed by atoms with Gasteiger partial charge in [0.1, 0.15) is 0 Å². The second-order valence-electron chi connectivity index (χ2n) is 4.41. The topological polar surface area (TPSA) is 20.2 Å². The van der Waals surface area contributed by atoms with Gasteiger partial charge in [-0.15, -0.1) is 0 Å². The molecule has 0 aliphatic heterocycles. The van der Waals surface area contributed by atoms with Gasteiger partial charge >= 0.3 is 0 Å². The molecule has 0 saturated carbocycles. The van der Waals surface area contributed by atoms with Crippen LogP contribution in [0.15, 0.2) is 34.9 Å². The van der Waals surface area contributed by atoms with Crippen LogP contribution in [0.5, 0.6) is 0 Å². The maximum atomic E-state index is 9.11. The van der Waals surface area contributed by atoms with Crippen LogP contribution in [0.3, 0.4) is 0 Å². The third-order valence-electron chi connectivity index (χ3n) is 3.24. The van der Waals surface area contributed by atoms with Gasteiger partial charge in [-0.3, -0.25) is 0 Å². The largest absolute Gasteiger partial charge is 0.392 e. The van der Waals surface area contributed by atoms with Crippen molar-refractivity contribution in [2.45, 2.75) is 34.1 Å². The summed E-state index contributed by atoms with van der Waals surface area (Å²) >= 11 is 0. The molecule has 14 heavy (non-hydrogen) atoms. The Morgan fingerprint density at radius 3 is 2.43 bits per heavy atom. The molecule has 0 saturated heterocycles. The molecule has 1 aliphatic rings. The minimum atomic E-state index is 0.135. The third-order valence-corrected chi connectivity index (χ3v) is 3.24. The third kappa shape index (κ3) is 1.98. The minimum absolute atomic E-state index is 0.135. The Bertz CT molecular complexity index is 297. The van der Waals surface area contributed by atoms with E-state index in [-0.39, 0.29) is 12.0 Å². The van der Waals surface area contributed by atoms with E-state index < -0.39 is 0 Å². The summed E-state index contributed by atoms with van der Waals surface area (Å²) in [6.07, 6.45) is 7.37. The van der Waals surface area contributed by atoms with Gasteiger partial charge in [-0.25, -0.2) is 0 Å². The van der Waals surface area contributed by atoms with Gasteiger partial charge in [0.25, 0.3) is 0 Å². The van der Waals surface area contributed by atoms with E-state index >= 15 is 0 Å². The predicted octanol–water partition coefficient (Wildman–Crippen LogP) is 3.23. The zero-order chi connectivity index (χ0) is 10.8. The van der Waals surface area contributed by atoms with Gasteiger partial charge in [0.2, 0.25) is 0 Å². The number of hydrogen-bond donors (Lipinski definition) is 1. The van der Waals surface area contributed by atoms with E-state index in [1.807, 2.05) is 0 Å². The van der Waals surface area contributed by atoms with Gasteiger partial charge in [0.15, 0.2) is 0 Å². The molecule has 0 atom stereocenters. The Morgan fingerprint density at radius 2 is 2.07 bits per heavy atom. The number of hydrogen-bond acceptors (Lipinski definition) is 1. The molecule has 1 N–H and O–H groups in total. The highest BCUT2D eigenvalue weighted by molar-refractivity contribution is 5.45. The highest BCUT2D eigenvalue weighted by Gasteiger charge is 2.26. The Morgan fingerprint density at radius 1 is 1.43 bits per heavy atom. The number of aliphatic hydroxyl groups excluding tert-OH is 1. The Labute approximate surface area is 86.8 Å². The van der Waals surface area contributed by atoms with E-state index in [0.29, 0.717) is 0 Å². The van der Waals surface area contributed by atoms with Crippen LogP contribution in [-0.2, 0) is 0 Å². The molecule has 1 aliphatic carbocycles. The molecule has 0 amide bonds. The lowest BCUT2D eigenvalue weighted by Crippen LogP contribution is -2.12. The summed E-state index contributed by atoms with van der Waals surface area (Å²) in [5, 5.41) is 9.11. The van der Waals surface area contributed by atoms with Crippen molar-refractivity contribution in [2.24, 2.45) is 5.41 Å².